The average Bonchev–Trinajstić information content (AvgIpc) is 3.16. The van der Waals surface area contributed by atoms with Crippen LogP contribution in [-0.4, -0.2) is 28.4 Å². The van der Waals surface area contributed by atoms with Crippen molar-refractivity contribution in [3.05, 3.63) is 81.9 Å². The minimum atomic E-state index is -0.0771. The number of aryl methyl sites for hydroxylation is 2. The summed E-state index contributed by atoms with van der Waals surface area (Å²) in [6.45, 7) is 4.66. The highest BCUT2D eigenvalue weighted by Gasteiger charge is 2.12. The van der Waals surface area contributed by atoms with Crippen molar-refractivity contribution < 1.29 is 9.47 Å². The molecule has 0 aliphatic heterocycles. The number of hydrogen-bond acceptors (Lipinski definition) is 4. The summed E-state index contributed by atoms with van der Waals surface area (Å²) in [7, 11) is 3.19. The maximum absolute atomic E-state index is 13.0. The Morgan fingerprint density at radius 3 is 2.45 bits per heavy atom. The van der Waals surface area contributed by atoms with Gasteiger partial charge >= 0.3 is 0 Å². The van der Waals surface area contributed by atoms with E-state index in [0.717, 1.165) is 11.1 Å². The lowest BCUT2D eigenvalue weighted by molar-refractivity contribution is 0.355. The Morgan fingerprint density at radius 1 is 0.931 bits per heavy atom. The molecule has 0 amide bonds. The Bertz CT molecular complexity index is 1250. The lowest BCUT2D eigenvalue weighted by Crippen LogP contribution is -2.22. The molecule has 0 radical (unpaired) electrons. The van der Waals surface area contributed by atoms with Gasteiger partial charge < -0.3 is 14.0 Å². The lowest BCUT2D eigenvalue weighted by Gasteiger charge is -2.09. The molecule has 4 aromatic rings. The minimum Gasteiger partial charge on any atom is -0.493 e. The van der Waals surface area contributed by atoms with Gasteiger partial charge in [-0.2, -0.15) is 5.10 Å². The number of benzene rings is 2. The molecule has 0 spiro atoms. The SMILES string of the molecule is COc1ccc(-c2cc3c(=O)n(Cc4ccc(C)cc4C)ccn3n2)cc1OC. The van der Waals surface area contributed by atoms with E-state index in [9.17, 15) is 4.79 Å². The van der Waals surface area contributed by atoms with Crippen LogP contribution in [0.4, 0.5) is 0 Å². The molecule has 0 bridgehead atoms. The maximum Gasteiger partial charge on any atom is 0.276 e. The fraction of sp³-hybridized carbons (Fsp3) is 0.217. The van der Waals surface area contributed by atoms with Gasteiger partial charge in [0.25, 0.3) is 5.56 Å². The van der Waals surface area contributed by atoms with E-state index < -0.39 is 0 Å². The van der Waals surface area contributed by atoms with Crippen molar-refractivity contribution in [1.29, 1.82) is 0 Å². The van der Waals surface area contributed by atoms with Crippen LogP contribution in [0.1, 0.15) is 16.7 Å². The average molecular weight is 389 g/mol. The van der Waals surface area contributed by atoms with E-state index in [1.54, 1.807) is 29.5 Å². The van der Waals surface area contributed by atoms with Crippen molar-refractivity contribution in [1.82, 2.24) is 14.2 Å². The summed E-state index contributed by atoms with van der Waals surface area (Å²) in [4.78, 5) is 13.0. The number of hydrogen-bond donors (Lipinski definition) is 0. The topological polar surface area (TPSA) is 57.8 Å². The standard InChI is InChI=1S/C23H23N3O3/c1-15-5-6-18(16(2)11-15)14-25-9-10-26-20(23(25)27)13-19(24-26)17-7-8-21(28-3)22(12-17)29-4/h5-13H,14H2,1-4H3. The van der Waals surface area contributed by atoms with Crippen LogP contribution in [0.15, 0.2) is 59.7 Å². The van der Waals surface area contributed by atoms with Crippen molar-refractivity contribution >= 4 is 5.52 Å². The summed E-state index contributed by atoms with van der Waals surface area (Å²) in [5, 5.41) is 4.56. The number of ether oxygens (including phenoxy) is 2. The van der Waals surface area contributed by atoms with Crippen LogP contribution in [0.5, 0.6) is 11.5 Å². The smallest absolute Gasteiger partial charge is 0.276 e. The fourth-order valence-corrected chi connectivity index (χ4v) is 3.49. The van der Waals surface area contributed by atoms with Crippen LogP contribution in [0, 0.1) is 13.8 Å². The molecule has 2 heterocycles. The molecule has 0 saturated heterocycles. The van der Waals surface area contributed by atoms with E-state index in [0.29, 0.717) is 29.3 Å². The molecule has 0 saturated carbocycles. The minimum absolute atomic E-state index is 0.0771. The second-order valence-corrected chi connectivity index (χ2v) is 7.09. The van der Waals surface area contributed by atoms with Gasteiger partial charge in [-0.05, 0) is 49.2 Å². The predicted molar refractivity (Wildman–Crippen MR) is 113 cm³/mol. The number of methoxy groups -OCH3 is 2. The highest BCUT2D eigenvalue weighted by molar-refractivity contribution is 5.68. The molecule has 29 heavy (non-hydrogen) atoms. The van der Waals surface area contributed by atoms with Gasteiger partial charge in [-0.15, -0.1) is 0 Å². The largest absolute Gasteiger partial charge is 0.493 e. The van der Waals surface area contributed by atoms with Crippen LogP contribution in [-0.2, 0) is 6.54 Å². The van der Waals surface area contributed by atoms with E-state index in [4.69, 9.17) is 9.47 Å². The third kappa shape index (κ3) is 3.49. The van der Waals surface area contributed by atoms with E-state index >= 15 is 0 Å². The fourth-order valence-electron chi connectivity index (χ4n) is 3.49. The maximum atomic E-state index is 13.0. The zero-order valence-electron chi connectivity index (χ0n) is 17.0. The number of aromatic nitrogens is 3. The summed E-state index contributed by atoms with van der Waals surface area (Å²) in [6, 6.07) is 13.7. The second-order valence-electron chi connectivity index (χ2n) is 7.09. The first-order valence-corrected chi connectivity index (χ1v) is 9.37. The number of fused-ring (bicyclic) bond motifs is 1. The Morgan fingerprint density at radius 2 is 1.72 bits per heavy atom. The molecule has 2 aromatic heterocycles. The van der Waals surface area contributed by atoms with Gasteiger partial charge in [0.15, 0.2) is 11.5 Å². The summed E-state index contributed by atoms with van der Waals surface area (Å²) in [6.07, 6.45) is 3.59. The van der Waals surface area contributed by atoms with Gasteiger partial charge in [-0.1, -0.05) is 23.8 Å². The van der Waals surface area contributed by atoms with Crippen molar-refractivity contribution in [3.8, 4) is 22.8 Å². The molecular formula is C23H23N3O3. The Kier molecular flexibility index (Phi) is 4.84. The quantitative estimate of drug-likeness (QED) is 0.520. The number of nitrogens with zero attached hydrogens (tertiary/aromatic N) is 3. The Hall–Kier alpha value is -3.54. The first-order chi connectivity index (χ1) is 14.0. The molecule has 0 unspecified atom stereocenters. The van der Waals surface area contributed by atoms with Gasteiger partial charge in [-0.25, -0.2) is 4.52 Å². The zero-order chi connectivity index (χ0) is 20.5. The van der Waals surface area contributed by atoms with Crippen molar-refractivity contribution in [2.24, 2.45) is 0 Å². The van der Waals surface area contributed by atoms with Gasteiger partial charge in [0.05, 0.1) is 26.5 Å². The molecular weight excluding hydrogens is 366 g/mol. The monoisotopic (exact) mass is 389 g/mol. The lowest BCUT2D eigenvalue weighted by atomic mass is 10.1. The van der Waals surface area contributed by atoms with Crippen LogP contribution in [0.3, 0.4) is 0 Å². The van der Waals surface area contributed by atoms with Crippen molar-refractivity contribution in [3.63, 3.8) is 0 Å². The molecule has 0 aliphatic carbocycles. The third-order valence-corrected chi connectivity index (χ3v) is 5.12. The highest BCUT2D eigenvalue weighted by Crippen LogP contribution is 2.31. The molecule has 148 valence electrons. The molecule has 2 aromatic carbocycles. The first kappa shape index (κ1) is 18.8. The van der Waals surface area contributed by atoms with Crippen LogP contribution in [0.2, 0.25) is 0 Å². The molecule has 6 nitrogen and oxygen atoms in total. The second kappa shape index (κ2) is 7.47. The zero-order valence-corrected chi connectivity index (χ0v) is 17.0. The number of rotatable bonds is 5. The summed E-state index contributed by atoms with van der Waals surface area (Å²) < 4.78 is 14.0. The molecule has 0 fully saturated rings. The Balaban J connectivity index is 1.74. The predicted octanol–water partition coefficient (Wildman–Crippen LogP) is 3.85. The summed E-state index contributed by atoms with van der Waals surface area (Å²) >= 11 is 0. The van der Waals surface area contributed by atoms with E-state index in [-0.39, 0.29) is 5.56 Å². The van der Waals surface area contributed by atoms with Crippen molar-refractivity contribution in [2.45, 2.75) is 20.4 Å². The molecule has 0 N–H and O–H groups in total. The highest BCUT2D eigenvalue weighted by atomic mass is 16.5. The normalized spacial score (nSPS) is 11.0. The van der Waals surface area contributed by atoms with E-state index in [1.807, 2.05) is 30.5 Å². The summed E-state index contributed by atoms with van der Waals surface area (Å²) in [5.74, 6) is 1.27. The first-order valence-electron chi connectivity index (χ1n) is 9.37. The molecule has 0 aliphatic rings. The van der Waals surface area contributed by atoms with Gasteiger partial charge in [0.2, 0.25) is 0 Å². The van der Waals surface area contributed by atoms with E-state index in [2.05, 4.69) is 37.1 Å². The molecule has 6 heteroatoms. The van der Waals surface area contributed by atoms with Crippen LogP contribution in [0.25, 0.3) is 16.8 Å². The van der Waals surface area contributed by atoms with Crippen LogP contribution < -0.4 is 15.0 Å². The molecule has 4 rings (SSSR count). The van der Waals surface area contributed by atoms with Gasteiger partial charge in [0.1, 0.15) is 5.52 Å². The van der Waals surface area contributed by atoms with E-state index in [1.165, 1.54) is 11.1 Å². The Labute approximate surface area is 168 Å². The molecule has 0 atom stereocenters. The van der Waals surface area contributed by atoms with Gasteiger partial charge in [-0.3, -0.25) is 4.79 Å². The summed E-state index contributed by atoms with van der Waals surface area (Å²) in [5.41, 5.74) is 5.52. The third-order valence-electron chi connectivity index (χ3n) is 5.12. The van der Waals surface area contributed by atoms with Crippen molar-refractivity contribution in [2.75, 3.05) is 14.2 Å². The van der Waals surface area contributed by atoms with Gasteiger partial charge in [0, 0.05) is 18.0 Å². The van der Waals surface area contributed by atoms with Crippen LogP contribution >= 0.6 is 0 Å².